The van der Waals surface area contributed by atoms with Crippen molar-refractivity contribution in [3.8, 4) is 0 Å². The summed E-state index contributed by atoms with van der Waals surface area (Å²) in [6.07, 6.45) is 55.7. The summed E-state index contributed by atoms with van der Waals surface area (Å²) in [5.74, 6) is -0.417. The Hall–Kier alpha value is -2.98. The van der Waals surface area contributed by atoms with E-state index in [-0.39, 0.29) is 19.6 Å². The Labute approximate surface area is 425 Å². The van der Waals surface area contributed by atoms with E-state index in [1.54, 1.807) is 0 Å². The van der Waals surface area contributed by atoms with Crippen LogP contribution in [0.3, 0.4) is 0 Å². The monoisotopic (exact) mass is 1000 g/mol. The lowest BCUT2D eigenvalue weighted by atomic mass is 9.99. The number of ether oxygens (including phenoxy) is 4. The first-order valence-electron chi connectivity index (χ1n) is 27.0. The minimum absolute atomic E-state index is 0.0185. The van der Waals surface area contributed by atoms with Gasteiger partial charge >= 0.3 is 16.4 Å². The molecule has 1 saturated heterocycles. The van der Waals surface area contributed by atoms with E-state index in [1.165, 1.54) is 51.4 Å². The maximum atomic E-state index is 12.9. The molecule has 0 aromatic carbocycles. The summed E-state index contributed by atoms with van der Waals surface area (Å²) in [5, 5.41) is 30.8. The predicted molar refractivity (Wildman–Crippen MR) is 285 cm³/mol. The molecule has 0 saturated carbocycles. The second kappa shape index (κ2) is 47.1. The lowest BCUT2D eigenvalue weighted by Crippen LogP contribution is -2.60. The Kier molecular flexibility index (Phi) is 43.7. The van der Waals surface area contributed by atoms with Gasteiger partial charge in [-0.2, -0.15) is 8.42 Å². The maximum absolute atomic E-state index is 12.9. The molecule has 6 unspecified atom stereocenters. The second-order valence-corrected chi connectivity index (χ2v) is 19.1. The maximum Gasteiger partial charge on any atom is 0.397 e. The van der Waals surface area contributed by atoms with Crippen molar-refractivity contribution in [3.05, 3.63) is 97.2 Å². The van der Waals surface area contributed by atoms with Crippen LogP contribution in [0.2, 0.25) is 0 Å². The summed E-state index contributed by atoms with van der Waals surface area (Å²) >= 11 is 0. The number of aliphatic hydroxyl groups excluding tert-OH is 3. The first-order chi connectivity index (χ1) is 34.1. The van der Waals surface area contributed by atoms with Crippen LogP contribution >= 0.6 is 0 Å². The highest BCUT2D eigenvalue weighted by Crippen LogP contribution is 2.26. The van der Waals surface area contributed by atoms with Crippen molar-refractivity contribution in [1.82, 2.24) is 0 Å². The van der Waals surface area contributed by atoms with Crippen molar-refractivity contribution in [2.45, 2.75) is 230 Å². The van der Waals surface area contributed by atoms with Crippen molar-refractivity contribution in [1.29, 1.82) is 0 Å². The Morgan fingerprint density at radius 1 is 0.557 bits per heavy atom. The van der Waals surface area contributed by atoms with Gasteiger partial charge in [-0.1, -0.05) is 188 Å². The molecule has 1 heterocycles. The van der Waals surface area contributed by atoms with Crippen LogP contribution in [0.5, 0.6) is 0 Å². The molecule has 0 amide bonds. The molecule has 1 fully saturated rings. The minimum Gasteiger partial charge on any atom is -0.457 e. The van der Waals surface area contributed by atoms with Crippen LogP contribution in [-0.2, 0) is 38.3 Å². The van der Waals surface area contributed by atoms with E-state index in [0.717, 1.165) is 116 Å². The third-order valence-corrected chi connectivity index (χ3v) is 12.2. The zero-order valence-corrected chi connectivity index (χ0v) is 44.1. The molecule has 6 atom stereocenters. The van der Waals surface area contributed by atoms with E-state index in [2.05, 4.69) is 115 Å². The Balaban J connectivity index is 2.37. The number of hydrogen-bond donors (Lipinski definition) is 4. The number of carbonyl (C=O) groups is 1. The molecule has 12 nitrogen and oxygen atoms in total. The number of allylic oxidation sites excluding steroid dienone is 16. The molecule has 1 rings (SSSR count). The van der Waals surface area contributed by atoms with Crippen molar-refractivity contribution < 1.29 is 56.2 Å². The van der Waals surface area contributed by atoms with Crippen LogP contribution in [0.4, 0.5) is 0 Å². The van der Waals surface area contributed by atoms with Crippen molar-refractivity contribution in [2.75, 3.05) is 26.4 Å². The first-order valence-corrected chi connectivity index (χ1v) is 28.4. The number of unbranched alkanes of at least 4 members (excludes halogenated alkanes) is 17. The molecule has 0 radical (unpaired) electrons. The Morgan fingerprint density at radius 2 is 0.986 bits per heavy atom. The summed E-state index contributed by atoms with van der Waals surface area (Å²) < 4.78 is 59.3. The summed E-state index contributed by atoms with van der Waals surface area (Å²) in [5.41, 5.74) is 0. The van der Waals surface area contributed by atoms with E-state index < -0.39 is 59.8 Å². The molecule has 4 N–H and O–H groups in total. The van der Waals surface area contributed by atoms with E-state index in [0.29, 0.717) is 13.0 Å². The molecule has 402 valence electrons. The number of aliphatic hydroxyl groups is 3. The fourth-order valence-corrected chi connectivity index (χ4v) is 8.16. The fraction of sp³-hybridized carbons (Fsp3) is 0.702. The summed E-state index contributed by atoms with van der Waals surface area (Å²) in [7, 11) is -5.08. The average Bonchev–Trinajstić information content (AvgIpc) is 3.34. The van der Waals surface area contributed by atoms with Gasteiger partial charge in [0.25, 0.3) is 0 Å². The topological polar surface area (TPSA) is 178 Å². The zero-order valence-electron chi connectivity index (χ0n) is 43.3. The predicted octanol–water partition coefficient (Wildman–Crippen LogP) is 13.0. The van der Waals surface area contributed by atoms with Crippen molar-refractivity contribution >= 4 is 16.4 Å². The van der Waals surface area contributed by atoms with Crippen LogP contribution in [0.1, 0.15) is 194 Å². The van der Waals surface area contributed by atoms with Crippen LogP contribution in [-0.4, -0.2) is 97.5 Å². The zero-order chi connectivity index (χ0) is 51.0. The van der Waals surface area contributed by atoms with Gasteiger partial charge in [0.2, 0.25) is 0 Å². The fourth-order valence-electron chi connectivity index (χ4n) is 7.65. The molecule has 70 heavy (non-hydrogen) atoms. The third-order valence-electron chi connectivity index (χ3n) is 11.7. The van der Waals surface area contributed by atoms with Crippen molar-refractivity contribution in [2.24, 2.45) is 0 Å². The van der Waals surface area contributed by atoms with Crippen molar-refractivity contribution in [3.63, 3.8) is 0 Å². The molecule has 0 aromatic rings. The van der Waals surface area contributed by atoms with Gasteiger partial charge in [-0.25, -0.2) is 4.18 Å². The standard InChI is InChI=1S/C57H96O12S/c1-3-5-7-9-11-13-15-17-19-21-23-25-26-27-28-30-32-34-36-38-40-42-44-46-53(59)67-51(50-66-57-55(61)56(69-70(62,63)64)54(60)52(48-58)68-57)49-65-47-45-43-41-39-37-35-33-31-29-24-22-20-18-16-14-12-10-8-6-4-2/h5,7,11-14,17-20,23-25,27-29,51-52,54-58,60-61H,3-4,6,8-10,15-16,21-22,26,30-50H2,1-2H3,(H,62,63,64)/b7-5-,13-11-,14-12-,19-17-,20-18-,25-23-,28-27-,29-24-. The number of rotatable bonds is 46. The molecule has 1 aliphatic heterocycles. The van der Waals surface area contributed by atoms with E-state index in [1.807, 2.05) is 0 Å². The number of esters is 1. The molecular weight excluding hydrogens is 909 g/mol. The lowest BCUT2D eigenvalue weighted by Gasteiger charge is -2.41. The quantitative estimate of drug-likeness (QED) is 0.0197. The van der Waals surface area contributed by atoms with E-state index in [4.69, 9.17) is 18.9 Å². The summed E-state index contributed by atoms with van der Waals surface area (Å²) in [4.78, 5) is 12.9. The molecule has 13 heteroatoms. The highest BCUT2D eigenvalue weighted by Gasteiger charge is 2.48. The number of hydrogen-bond acceptors (Lipinski definition) is 11. The third kappa shape index (κ3) is 39.6. The average molecular weight is 1010 g/mol. The normalized spacial score (nSPS) is 19.9. The number of carbonyl (C=O) groups excluding carboxylic acids is 1. The SMILES string of the molecule is CC/C=C\C/C=C\C/C=C\C/C=C\C/C=C\CCCCCCCCCC(=O)OC(COCCCCCCCCC/C=C\C/C=C\C/C=C\CCCCC)COC1OC(CO)C(O)C(OS(=O)(=O)O)C1O. The molecular formula is C57H96O12S. The highest BCUT2D eigenvalue weighted by molar-refractivity contribution is 7.80. The smallest absolute Gasteiger partial charge is 0.397 e. The second-order valence-electron chi connectivity index (χ2n) is 18.1. The van der Waals surface area contributed by atoms with Crippen LogP contribution in [0.15, 0.2) is 97.2 Å². The van der Waals surface area contributed by atoms with Crippen LogP contribution in [0.25, 0.3) is 0 Å². The molecule has 1 aliphatic rings. The molecule has 0 aliphatic carbocycles. The van der Waals surface area contributed by atoms with Gasteiger partial charge in [-0.05, 0) is 96.3 Å². The summed E-state index contributed by atoms with van der Waals surface area (Å²) in [6, 6.07) is 0. The highest BCUT2D eigenvalue weighted by atomic mass is 32.3. The molecule has 0 spiro atoms. The van der Waals surface area contributed by atoms with Gasteiger partial charge < -0.3 is 34.3 Å². The van der Waals surface area contributed by atoms with Gasteiger partial charge in [-0.15, -0.1) is 0 Å². The van der Waals surface area contributed by atoms with Crippen LogP contribution < -0.4 is 0 Å². The lowest BCUT2D eigenvalue weighted by molar-refractivity contribution is -0.301. The first kappa shape index (κ1) is 65.0. The van der Waals surface area contributed by atoms with E-state index >= 15 is 0 Å². The largest absolute Gasteiger partial charge is 0.457 e. The molecule has 0 bridgehead atoms. The van der Waals surface area contributed by atoms with E-state index in [9.17, 15) is 33.1 Å². The Morgan fingerprint density at radius 3 is 1.44 bits per heavy atom. The molecule has 0 aromatic heterocycles. The van der Waals surface area contributed by atoms with Gasteiger partial charge in [0.15, 0.2) is 6.29 Å². The van der Waals surface area contributed by atoms with Gasteiger partial charge in [0.05, 0.1) is 19.8 Å². The van der Waals surface area contributed by atoms with Gasteiger partial charge in [0, 0.05) is 13.0 Å². The van der Waals surface area contributed by atoms with Crippen LogP contribution in [0, 0.1) is 0 Å². The van der Waals surface area contributed by atoms with Gasteiger partial charge in [0.1, 0.15) is 30.5 Å². The minimum atomic E-state index is -5.08. The Bertz CT molecular complexity index is 1580. The summed E-state index contributed by atoms with van der Waals surface area (Å²) in [6.45, 7) is 3.81. The van der Waals surface area contributed by atoms with Gasteiger partial charge in [-0.3, -0.25) is 9.35 Å².